The molecule has 3 aromatic rings. The predicted octanol–water partition coefficient (Wildman–Crippen LogP) is 6.34. The first kappa shape index (κ1) is 17.1. The van der Waals surface area contributed by atoms with Crippen LogP contribution in [0.3, 0.4) is 0 Å². The minimum atomic E-state index is -0.301. The van der Waals surface area contributed by atoms with E-state index in [4.69, 9.17) is 0 Å². The molecule has 0 amide bonds. The molecule has 0 saturated heterocycles. The summed E-state index contributed by atoms with van der Waals surface area (Å²) in [4.78, 5) is 0. The summed E-state index contributed by atoms with van der Waals surface area (Å²) in [5.74, 6) is 0. The molecular formula is C22H26NP. The zero-order chi connectivity index (χ0) is 17.2. The lowest BCUT2D eigenvalue weighted by atomic mass is 9.97. The monoisotopic (exact) mass is 335 g/mol. The highest BCUT2D eigenvalue weighted by Crippen LogP contribution is 2.45. The molecule has 1 nitrogen and oxygen atoms in total. The maximum absolute atomic E-state index is 3.92. The Balaban J connectivity index is 2.02. The Morgan fingerprint density at radius 3 is 2.04 bits per heavy atom. The van der Waals surface area contributed by atoms with Gasteiger partial charge in [-0.3, -0.25) is 5.09 Å². The van der Waals surface area contributed by atoms with Crippen LogP contribution in [-0.4, -0.2) is 11.8 Å². The highest BCUT2D eigenvalue weighted by atomic mass is 31.1. The van der Waals surface area contributed by atoms with Gasteiger partial charge in [0.05, 0.1) is 6.04 Å². The van der Waals surface area contributed by atoms with Crippen molar-refractivity contribution in [2.24, 2.45) is 0 Å². The first-order valence-corrected chi connectivity index (χ1v) is 10.3. The fourth-order valence-electron chi connectivity index (χ4n) is 2.76. The summed E-state index contributed by atoms with van der Waals surface area (Å²) in [6, 6.07) is 26.4. The molecule has 2 heteroatoms. The van der Waals surface area contributed by atoms with Crippen LogP contribution in [0, 0.1) is 0 Å². The average Bonchev–Trinajstić information content (AvgIpc) is 2.59. The first-order chi connectivity index (χ1) is 11.4. The molecule has 0 radical (unpaired) electrons. The molecular weight excluding hydrogens is 309 g/mol. The average molecular weight is 335 g/mol. The zero-order valence-corrected chi connectivity index (χ0v) is 15.8. The van der Waals surface area contributed by atoms with Crippen LogP contribution in [0.5, 0.6) is 0 Å². The van der Waals surface area contributed by atoms with Gasteiger partial charge in [0, 0.05) is 0 Å². The molecule has 1 N–H and O–H groups in total. The van der Waals surface area contributed by atoms with Crippen molar-refractivity contribution in [3.63, 3.8) is 0 Å². The quantitative estimate of drug-likeness (QED) is 0.548. The number of rotatable bonds is 4. The number of hydrogen-bond acceptors (Lipinski definition) is 1. The van der Waals surface area contributed by atoms with Crippen molar-refractivity contribution < 1.29 is 0 Å². The summed E-state index contributed by atoms with van der Waals surface area (Å²) in [5.41, 5.74) is 2.66. The van der Waals surface area contributed by atoms with Crippen LogP contribution < -0.4 is 5.09 Å². The van der Waals surface area contributed by atoms with Gasteiger partial charge in [-0.1, -0.05) is 87.5 Å². The van der Waals surface area contributed by atoms with Gasteiger partial charge in [0.2, 0.25) is 0 Å². The lowest BCUT2D eigenvalue weighted by molar-refractivity contribution is 0.728. The van der Waals surface area contributed by atoms with Crippen LogP contribution in [-0.2, 0) is 0 Å². The van der Waals surface area contributed by atoms with Crippen molar-refractivity contribution in [1.82, 2.24) is 5.09 Å². The zero-order valence-electron chi connectivity index (χ0n) is 15.0. The van der Waals surface area contributed by atoms with E-state index in [9.17, 15) is 0 Å². The van der Waals surface area contributed by atoms with Crippen molar-refractivity contribution >= 4 is 18.8 Å². The van der Waals surface area contributed by atoms with Crippen LogP contribution in [0.4, 0.5) is 0 Å². The van der Waals surface area contributed by atoms with Gasteiger partial charge in [-0.25, -0.2) is 0 Å². The summed E-state index contributed by atoms with van der Waals surface area (Å²) < 4.78 is 0. The smallest absolute Gasteiger partial charge is 0.0609 e. The topological polar surface area (TPSA) is 12.0 Å². The van der Waals surface area contributed by atoms with Crippen molar-refractivity contribution in [3.8, 4) is 0 Å². The normalized spacial score (nSPS) is 14.5. The van der Waals surface area contributed by atoms with Crippen LogP contribution in [0.1, 0.15) is 37.9 Å². The molecule has 0 heterocycles. The molecule has 0 bridgehead atoms. The van der Waals surface area contributed by atoms with E-state index in [0.29, 0.717) is 0 Å². The SMILES string of the molecule is CP(N[C@H](c1ccccc1)c1ccc2ccccc2c1)C(C)(C)C. The number of fused-ring (bicyclic) bond motifs is 1. The summed E-state index contributed by atoms with van der Waals surface area (Å²) in [5, 5.41) is 6.79. The van der Waals surface area contributed by atoms with Gasteiger partial charge in [0.1, 0.15) is 0 Å². The van der Waals surface area contributed by atoms with E-state index in [1.54, 1.807) is 0 Å². The van der Waals surface area contributed by atoms with Crippen molar-refractivity contribution in [2.45, 2.75) is 32.0 Å². The Morgan fingerprint density at radius 2 is 1.38 bits per heavy atom. The summed E-state index contributed by atoms with van der Waals surface area (Å²) >= 11 is 0. The molecule has 0 fully saturated rings. The third kappa shape index (κ3) is 3.86. The fraction of sp³-hybridized carbons (Fsp3) is 0.273. The molecule has 3 rings (SSSR count). The molecule has 0 spiro atoms. The van der Waals surface area contributed by atoms with E-state index in [1.165, 1.54) is 21.9 Å². The van der Waals surface area contributed by atoms with E-state index >= 15 is 0 Å². The lowest BCUT2D eigenvalue weighted by Gasteiger charge is -2.33. The van der Waals surface area contributed by atoms with Crippen molar-refractivity contribution in [3.05, 3.63) is 83.9 Å². The van der Waals surface area contributed by atoms with E-state index in [1.807, 2.05) is 0 Å². The fourth-order valence-corrected chi connectivity index (χ4v) is 3.83. The standard InChI is InChI=1S/C22H26NP/c1-22(2,3)24(4)23-21(18-11-6-5-7-12-18)20-15-14-17-10-8-9-13-19(17)16-20/h5-16,21,23H,1-4H3/t21-,24?/m1/s1. The minimum Gasteiger partial charge on any atom is -0.284 e. The summed E-state index contributed by atoms with van der Waals surface area (Å²) in [6.07, 6.45) is 0. The second-order valence-corrected chi connectivity index (χ2v) is 10.0. The van der Waals surface area contributed by atoms with Crippen LogP contribution in [0.15, 0.2) is 72.8 Å². The summed E-state index contributed by atoms with van der Waals surface area (Å²) in [7, 11) is -0.301. The first-order valence-electron chi connectivity index (χ1n) is 8.49. The second-order valence-electron chi connectivity index (χ2n) is 7.31. The molecule has 124 valence electrons. The predicted molar refractivity (Wildman–Crippen MR) is 108 cm³/mol. The molecule has 1 unspecified atom stereocenters. The van der Waals surface area contributed by atoms with Crippen molar-refractivity contribution in [2.75, 3.05) is 6.66 Å². The van der Waals surface area contributed by atoms with E-state index in [2.05, 4.69) is 105 Å². The van der Waals surface area contributed by atoms with Crippen LogP contribution in [0.2, 0.25) is 0 Å². The number of benzene rings is 3. The number of nitrogens with one attached hydrogen (secondary N) is 1. The largest absolute Gasteiger partial charge is 0.284 e. The molecule has 0 saturated carbocycles. The third-order valence-corrected chi connectivity index (χ3v) is 7.23. The maximum atomic E-state index is 3.92. The van der Waals surface area contributed by atoms with Crippen molar-refractivity contribution in [1.29, 1.82) is 0 Å². The minimum absolute atomic E-state index is 0.228. The lowest BCUT2D eigenvalue weighted by Crippen LogP contribution is -2.25. The Bertz CT molecular complexity index is 805. The van der Waals surface area contributed by atoms with Gasteiger partial charge in [-0.05, 0) is 47.9 Å². The summed E-state index contributed by atoms with van der Waals surface area (Å²) in [6.45, 7) is 9.28. The van der Waals surface area contributed by atoms with Crippen LogP contribution in [0.25, 0.3) is 10.8 Å². The molecule has 24 heavy (non-hydrogen) atoms. The molecule has 0 aliphatic carbocycles. The highest BCUT2D eigenvalue weighted by Gasteiger charge is 2.24. The van der Waals surface area contributed by atoms with Gasteiger partial charge in [-0.15, -0.1) is 0 Å². The maximum Gasteiger partial charge on any atom is 0.0609 e. The molecule has 0 aliphatic rings. The van der Waals surface area contributed by atoms with Gasteiger partial charge < -0.3 is 0 Å². The van der Waals surface area contributed by atoms with Gasteiger partial charge >= 0.3 is 0 Å². The molecule has 2 atom stereocenters. The molecule has 3 aromatic carbocycles. The second kappa shape index (κ2) is 7.05. The Hall–Kier alpha value is -1.69. The van der Waals surface area contributed by atoms with E-state index in [0.717, 1.165) is 0 Å². The van der Waals surface area contributed by atoms with E-state index in [-0.39, 0.29) is 19.3 Å². The highest BCUT2D eigenvalue weighted by molar-refractivity contribution is 7.56. The third-order valence-electron chi connectivity index (χ3n) is 4.57. The molecule has 0 aromatic heterocycles. The Morgan fingerprint density at radius 1 is 0.750 bits per heavy atom. The Kier molecular flexibility index (Phi) is 5.04. The van der Waals surface area contributed by atoms with Gasteiger partial charge in [0.25, 0.3) is 0 Å². The number of hydrogen-bond donors (Lipinski definition) is 1. The van der Waals surface area contributed by atoms with Gasteiger partial charge in [0.15, 0.2) is 0 Å². The van der Waals surface area contributed by atoms with Crippen LogP contribution >= 0.6 is 8.07 Å². The Labute approximate surface area is 146 Å². The van der Waals surface area contributed by atoms with E-state index < -0.39 is 0 Å². The molecule has 0 aliphatic heterocycles. The van der Waals surface area contributed by atoms with Gasteiger partial charge in [-0.2, -0.15) is 0 Å².